The second-order valence-corrected chi connectivity index (χ2v) is 9.56. The van der Waals surface area contributed by atoms with Gasteiger partial charge in [-0.15, -0.1) is 11.8 Å². The van der Waals surface area contributed by atoms with Gasteiger partial charge in [0.15, 0.2) is 0 Å². The monoisotopic (exact) mass is 408 g/mol. The van der Waals surface area contributed by atoms with Gasteiger partial charge in [0.1, 0.15) is 5.75 Å². The minimum Gasteiger partial charge on any atom is -0.495 e. The van der Waals surface area contributed by atoms with Gasteiger partial charge in [-0.2, -0.15) is 0 Å². The van der Waals surface area contributed by atoms with Crippen molar-refractivity contribution in [2.24, 2.45) is 0 Å². The molecular formula is C19H24N2O4S2. The molecule has 6 nitrogen and oxygen atoms in total. The van der Waals surface area contributed by atoms with Crippen LogP contribution in [0.15, 0.2) is 53.4 Å². The number of hydrogen-bond donors (Lipinski definition) is 1. The Bertz CT molecular complexity index is 898. The van der Waals surface area contributed by atoms with Crippen LogP contribution in [0.25, 0.3) is 0 Å². The van der Waals surface area contributed by atoms with Crippen molar-refractivity contribution in [1.82, 2.24) is 4.31 Å². The number of ether oxygens (including phenoxy) is 1. The molecule has 0 saturated heterocycles. The summed E-state index contributed by atoms with van der Waals surface area (Å²) in [6.45, 7) is 1.82. The Kier molecular flexibility index (Phi) is 7.29. The fourth-order valence-electron chi connectivity index (χ4n) is 2.29. The first-order valence-electron chi connectivity index (χ1n) is 8.32. The topological polar surface area (TPSA) is 75.7 Å². The number of rotatable bonds is 8. The van der Waals surface area contributed by atoms with E-state index in [1.165, 1.54) is 30.2 Å². The zero-order valence-electron chi connectivity index (χ0n) is 15.8. The van der Waals surface area contributed by atoms with E-state index in [1.54, 1.807) is 37.4 Å². The van der Waals surface area contributed by atoms with Crippen molar-refractivity contribution in [1.29, 1.82) is 0 Å². The van der Waals surface area contributed by atoms with Crippen LogP contribution in [0.3, 0.4) is 0 Å². The Morgan fingerprint density at radius 2 is 1.89 bits per heavy atom. The van der Waals surface area contributed by atoms with Gasteiger partial charge >= 0.3 is 0 Å². The number of carbonyl (C=O) groups is 1. The number of thioether (sulfide) groups is 1. The molecule has 0 fully saturated rings. The van der Waals surface area contributed by atoms with E-state index in [1.807, 2.05) is 25.1 Å². The molecule has 1 amide bonds. The van der Waals surface area contributed by atoms with Crippen molar-refractivity contribution in [3.05, 3.63) is 54.1 Å². The zero-order valence-corrected chi connectivity index (χ0v) is 17.4. The molecule has 0 aliphatic heterocycles. The average Bonchev–Trinajstić information content (AvgIpc) is 2.66. The van der Waals surface area contributed by atoms with E-state index in [-0.39, 0.29) is 16.1 Å². The third kappa shape index (κ3) is 5.47. The van der Waals surface area contributed by atoms with Gasteiger partial charge in [0.2, 0.25) is 15.9 Å². The summed E-state index contributed by atoms with van der Waals surface area (Å²) in [5.74, 6) is 0.989. The minimum atomic E-state index is -3.47. The number of benzene rings is 2. The Labute approximate surface area is 165 Å². The van der Waals surface area contributed by atoms with E-state index in [9.17, 15) is 13.2 Å². The number of carbonyl (C=O) groups excluding carboxylic acids is 1. The lowest BCUT2D eigenvalue weighted by Gasteiger charge is -2.15. The van der Waals surface area contributed by atoms with Crippen molar-refractivity contribution in [3.8, 4) is 5.75 Å². The van der Waals surface area contributed by atoms with E-state index in [2.05, 4.69) is 5.32 Å². The zero-order chi connectivity index (χ0) is 20.0. The summed E-state index contributed by atoms with van der Waals surface area (Å²) in [6.07, 6.45) is 0. The third-order valence-corrected chi connectivity index (χ3v) is 6.94. The molecule has 0 heterocycles. The number of methoxy groups -OCH3 is 1. The van der Waals surface area contributed by atoms with E-state index in [0.29, 0.717) is 17.2 Å². The smallest absolute Gasteiger partial charge is 0.242 e. The molecule has 27 heavy (non-hydrogen) atoms. The summed E-state index contributed by atoms with van der Waals surface area (Å²) in [5, 5.41) is 2.55. The Morgan fingerprint density at radius 3 is 2.56 bits per heavy atom. The normalized spacial score (nSPS) is 12.6. The summed E-state index contributed by atoms with van der Waals surface area (Å²) < 4.78 is 30.9. The highest BCUT2D eigenvalue weighted by Gasteiger charge is 2.18. The second kappa shape index (κ2) is 9.25. The number of nitrogens with one attached hydrogen (secondary N) is 1. The number of nitrogens with zero attached hydrogens (tertiary/aromatic N) is 1. The lowest BCUT2D eigenvalue weighted by molar-refractivity contribution is -0.115. The summed E-state index contributed by atoms with van der Waals surface area (Å²) in [7, 11) is 1.08. The van der Waals surface area contributed by atoms with Crippen molar-refractivity contribution in [2.75, 3.05) is 26.5 Å². The first-order valence-corrected chi connectivity index (χ1v) is 10.8. The van der Waals surface area contributed by atoms with Gasteiger partial charge in [0, 0.05) is 19.8 Å². The quantitative estimate of drug-likeness (QED) is 0.726. The molecule has 0 radical (unpaired) electrons. The van der Waals surface area contributed by atoms with Gasteiger partial charge in [0.05, 0.1) is 22.9 Å². The SMILES string of the molecule is COc1ccccc1NC(=O)[C@@H](C)SCc1cccc(S(=O)(=O)N(C)C)c1. The number of hydrogen-bond acceptors (Lipinski definition) is 5. The molecule has 2 rings (SSSR count). The fourth-order valence-corrected chi connectivity index (χ4v) is 4.09. The molecule has 2 aromatic carbocycles. The second-order valence-electron chi connectivity index (χ2n) is 6.08. The predicted octanol–water partition coefficient (Wildman–Crippen LogP) is 3.21. The van der Waals surface area contributed by atoms with Crippen LogP contribution in [0.1, 0.15) is 12.5 Å². The Balaban J connectivity index is 2.01. The van der Waals surface area contributed by atoms with Gasteiger partial charge in [-0.25, -0.2) is 12.7 Å². The number of anilines is 1. The number of para-hydroxylation sites is 2. The van der Waals surface area contributed by atoms with E-state index < -0.39 is 10.0 Å². The highest BCUT2D eigenvalue weighted by molar-refractivity contribution is 7.99. The van der Waals surface area contributed by atoms with Crippen LogP contribution in [0, 0.1) is 0 Å². The molecule has 0 aromatic heterocycles. The Morgan fingerprint density at radius 1 is 1.19 bits per heavy atom. The molecular weight excluding hydrogens is 384 g/mol. The largest absolute Gasteiger partial charge is 0.495 e. The minimum absolute atomic E-state index is 0.137. The van der Waals surface area contributed by atoms with Gasteiger partial charge in [-0.3, -0.25) is 4.79 Å². The molecule has 8 heteroatoms. The van der Waals surface area contributed by atoms with Crippen LogP contribution >= 0.6 is 11.8 Å². The Hall–Kier alpha value is -2.03. The maximum absolute atomic E-state index is 12.4. The summed E-state index contributed by atoms with van der Waals surface area (Å²) in [6, 6.07) is 14.0. The van der Waals surface area contributed by atoms with Crippen molar-refractivity contribution >= 4 is 33.4 Å². The van der Waals surface area contributed by atoms with Gasteiger partial charge in [0.25, 0.3) is 0 Å². The van der Waals surface area contributed by atoms with Crippen molar-refractivity contribution in [3.63, 3.8) is 0 Å². The van der Waals surface area contributed by atoms with Crippen molar-refractivity contribution < 1.29 is 17.9 Å². The van der Waals surface area contributed by atoms with Crippen LogP contribution < -0.4 is 10.1 Å². The summed E-state index contributed by atoms with van der Waals surface area (Å²) >= 11 is 1.44. The molecule has 1 atom stereocenters. The standard InChI is InChI=1S/C19H24N2O4S2/c1-14(19(22)20-17-10-5-6-11-18(17)25-4)26-13-15-8-7-9-16(12-15)27(23,24)21(2)3/h5-12,14H,13H2,1-4H3,(H,20,22)/t14-/m1/s1. The highest BCUT2D eigenvalue weighted by Crippen LogP contribution is 2.26. The van der Waals surface area contributed by atoms with Gasteiger partial charge in [-0.05, 0) is 36.8 Å². The maximum atomic E-state index is 12.4. The number of sulfonamides is 1. The maximum Gasteiger partial charge on any atom is 0.242 e. The van der Waals surface area contributed by atoms with Crippen LogP contribution in [-0.2, 0) is 20.6 Å². The predicted molar refractivity (Wildman–Crippen MR) is 110 cm³/mol. The molecule has 2 aromatic rings. The highest BCUT2D eigenvalue weighted by atomic mass is 32.2. The summed E-state index contributed by atoms with van der Waals surface area (Å²) in [4.78, 5) is 12.7. The molecule has 0 spiro atoms. The molecule has 0 unspecified atom stereocenters. The third-order valence-electron chi connectivity index (χ3n) is 3.91. The molecule has 0 saturated carbocycles. The van der Waals surface area contributed by atoms with E-state index in [4.69, 9.17) is 4.74 Å². The van der Waals surface area contributed by atoms with E-state index in [0.717, 1.165) is 5.56 Å². The van der Waals surface area contributed by atoms with Gasteiger partial charge in [-0.1, -0.05) is 24.3 Å². The van der Waals surface area contributed by atoms with E-state index >= 15 is 0 Å². The first-order chi connectivity index (χ1) is 12.8. The first kappa shape index (κ1) is 21.3. The molecule has 0 bridgehead atoms. The molecule has 146 valence electrons. The lowest BCUT2D eigenvalue weighted by Crippen LogP contribution is -2.23. The van der Waals surface area contributed by atoms with Crippen LogP contribution in [-0.4, -0.2) is 45.1 Å². The molecule has 1 N–H and O–H groups in total. The fraction of sp³-hybridized carbons (Fsp3) is 0.316. The summed E-state index contributed by atoms with van der Waals surface area (Å²) in [5.41, 5.74) is 1.47. The average molecular weight is 409 g/mol. The molecule has 0 aliphatic carbocycles. The number of amides is 1. The lowest BCUT2D eigenvalue weighted by atomic mass is 10.2. The van der Waals surface area contributed by atoms with Crippen LogP contribution in [0.5, 0.6) is 5.75 Å². The van der Waals surface area contributed by atoms with Crippen LogP contribution in [0.2, 0.25) is 0 Å². The molecule has 0 aliphatic rings. The van der Waals surface area contributed by atoms with Crippen molar-refractivity contribution in [2.45, 2.75) is 22.8 Å². The van der Waals surface area contributed by atoms with Crippen LogP contribution in [0.4, 0.5) is 5.69 Å². The van der Waals surface area contributed by atoms with Gasteiger partial charge < -0.3 is 10.1 Å².